The normalized spacial score (nSPS) is 17.2. The minimum atomic E-state index is -0.427. The number of hydrogen-bond donors (Lipinski definition) is 1. The summed E-state index contributed by atoms with van der Waals surface area (Å²) in [7, 11) is 0. The lowest BCUT2D eigenvalue weighted by molar-refractivity contribution is -0.129. The van der Waals surface area contributed by atoms with Crippen molar-refractivity contribution in [3.63, 3.8) is 0 Å². The van der Waals surface area contributed by atoms with E-state index in [1.165, 1.54) is 0 Å². The van der Waals surface area contributed by atoms with Gasteiger partial charge in [0.1, 0.15) is 6.54 Å². The van der Waals surface area contributed by atoms with E-state index < -0.39 is 6.29 Å². The fraction of sp³-hybridized carbons (Fsp3) is 0.714. The molecule has 1 amide bonds. The number of amides is 1. The van der Waals surface area contributed by atoms with E-state index in [2.05, 4.69) is 5.32 Å². The Morgan fingerprint density at radius 3 is 2.83 bits per heavy atom. The van der Waals surface area contributed by atoms with Gasteiger partial charge in [0, 0.05) is 0 Å². The second-order valence-electron chi connectivity index (χ2n) is 2.31. The van der Waals surface area contributed by atoms with Crippen molar-refractivity contribution in [1.29, 1.82) is 5.26 Å². The molecule has 0 unspecified atom stereocenters. The van der Waals surface area contributed by atoms with E-state index in [4.69, 9.17) is 14.7 Å². The van der Waals surface area contributed by atoms with Crippen molar-refractivity contribution in [3.8, 4) is 6.07 Å². The van der Waals surface area contributed by atoms with Crippen molar-refractivity contribution in [2.45, 2.75) is 12.7 Å². The van der Waals surface area contributed by atoms with Crippen LogP contribution < -0.4 is 5.32 Å². The highest BCUT2D eigenvalue weighted by molar-refractivity contribution is 5.76. The molecule has 5 nitrogen and oxygen atoms in total. The highest BCUT2D eigenvalue weighted by atomic mass is 16.7. The quantitative estimate of drug-likeness (QED) is 0.573. The molecule has 1 rings (SSSR count). The summed E-state index contributed by atoms with van der Waals surface area (Å²) in [5, 5.41) is 10.5. The highest BCUT2D eigenvalue weighted by Crippen LogP contribution is 2.06. The smallest absolute Gasteiger partial charge is 0.225 e. The van der Waals surface area contributed by atoms with Crippen molar-refractivity contribution in [2.75, 3.05) is 19.8 Å². The number of nitriles is 1. The van der Waals surface area contributed by atoms with Crippen molar-refractivity contribution >= 4 is 5.91 Å². The molecule has 12 heavy (non-hydrogen) atoms. The molecular formula is C7H10N2O3. The minimum absolute atomic E-state index is 0.0333. The number of nitrogens with zero attached hydrogens (tertiary/aromatic N) is 1. The fourth-order valence-electron chi connectivity index (χ4n) is 0.887. The Balaban J connectivity index is 2.13. The SMILES string of the molecule is N#CCNC(=O)CC1OCCO1. The van der Waals surface area contributed by atoms with Crippen molar-refractivity contribution in [1.82, 2.24) is 5.32 Å². The van der Waals surface area contributed by atoms with Crippen LogP contribution in [0.4, 0.5) is 0 Å². The molecule has 0 radical (unpaired) electrons. The van der Waals surface area contributed by atoms with Gasteiger partial charge in [0.25, 0.3) is 0 Å². The Morgan fingerprint density at radius 1 is 1.58 bits per heavy atom. The predicted molar refractivity (Wildman–Crippen MR) is 38.9 cm³/mol. The number of carbonyl (C=O) groups excluding carboxylic acids is 1. The zero-order valence-corrected chi connectivity index (χ0v) is 6.58. The zero-order valence-electron chi connectivity index (χ0n) is 6.58. The Bertz CT molecular complexity index is 193. The van der Waals surface area contributed by atoms with E-state index in [1.807, 2.05) is 6.07 Å². The lowest BCUT2D eigenvalue weighted by atomic mass is 10.4. The van der Waals surface area contributed by atoms with Gasteiger partial charge in [-0.1, -0.05) is 0 Å². The Morgan fingerprint density at radius 2 is 2.25 bits per heavy atom. The van der Waals surface area contributed by atoms with Crippen LogP contribution in [-0.4, -0.2) is 32.0 Å². The fourth-order valence-corrected chi connectivity index (χ4v) is 0.887. The molecule has 0 saturated carbocycles. The van der Waals surface area contributed by atoms with Crippen LogP contribution in [0.1, 0.15) is 6.42 Å². The lowest BCUT2D eigenvalue weighted by Crippen LogP contribution is -2.27. The molecule has 66 valence electrons. The molecule has 0 bridgehead atoms. The largest absolute Gasteiger partial charge is 0.350 e. The monoisotopic (exact) mass is 170 g/mol. The molecule has 1 N–H and O–H groups in total. The maximum atomic E-state index is 10.9. The number of rotatable bonds is 3. The molecule has 5 heteroatoms. The maximum absolute atomic E-state index is 10.9. The first kappa shape index (κ1) is 8.97. The van der Waals surface area contributed by atoms with Gasteiger partial charge in [-0.2, -0.15) is 5.26 Å². The summed E-state index contributed by atoms with van der Waals surface area (Å²) in [5.74, 6) is -0.219. The third-order valence-electron chi connectivity index (χ3n) is 1.41. The summed E-state index contributed by atoms with van der Waals surface area (Å²) in [4.78, 5) is 10.9. The second kappa shape index (κ2) is 4.70. The van der Waals surface area contributed by atoms with Crippen molar-refractivity contribution in [3.05, 3.63) is 0 Å². The molecule has 0 atom stereocenters. The van der Waals surface area contributed by atoms with E-state index in [-0.39, 0.29) is 18.9 Å². The molecule has 1 aliphatic heterocycles. The standard InChI is InChI=1S/C7H10N2O3/c8-1-2-9-6(10)5-7-11-3-4-12-7/h7H,2-5H2,(H,9,10). The van der Waals surface area contributed by atoms with E-state index in [1.54, 1.807) is 0 Å². The van der Waals surface area contributed by atoms with Crippen LogP contribution in [0.3, 0.4) is 0 Å². The van der Waals surface area contributed by atoms with Crippen molar-refractivity contribution < 1.29 is 14.3 Å². The van der Waals surface area contributed by atoms with E-state index in [9.17, 15) is 4.79 Å². The van der Waals surface area contributed by atoms with Crippen LogP contribution in [0.5, 0.6) is 0 Å². The topological polar surface area (TPSA) is 71.4 Å². The summed E-state index contributed by atoms with van der Waals surface area (Å²) in [6, 6.07) is 1.81. The second-order valence-corrected chi connectivity index (χ2v) is 2.31. The summed E-state index contributed by atoms with van der Waals surface area (Å²) in [6.07, 6.45) is -0.259. The molecule has 0 spiro atoms. The Kier molecular flexibility index (Phi) is 3.51. The molecule has 1 saturated heterocycles. The van der Waals surface area contributed by atoms with Gasteiger partial charge in [-0.05, 0) is 0 Å². The number of ether oxygens (including phenoxy) is 2. The van der Waals surface area contributed by atoms with Gasteiger partial charge in [-0.25, -0.2) is 0 Å². The predicted octanol–water partition coefficient (Wildman–Crippen LogP) is -0.611. The summed E-state index contributed by atoms with van der Waals surface area (Å²) < 4.78 is 10.1. The first-order valence-corrected chi connectivity index (χ1v) is 3.70. The third kappa shape index (κ3) is 2.86. The average Bonchev–Trinajstić information content (AvgIpc) is 2.53. The van der Waals surface area contributed by atoms with Gasteiger partial charge < -0.3 is 14.8 Å². The number of carbonyl (C=O) groups is 1. The van der Waals surface area contributed by atoms with Gasteiger partial charge in [0.15, 0.2) is 6.29 Å². The molecule has 0 aliphatic carbocycles. The minimum Gasteiger partial charge on any atom is -0.350 e. The van der Waals surface area contributed by atoms with E-state index >= 15 is 0 Å². The molecular weight excluding hydrogens is 160 g/mol. The lowest BCUT2D eigenvalue weighted by Gasteiger charge is -2.06. The van der Waals surface area contributed by atoms with Crippen LogP contribution in [0.2, 0.25) is 0 Å². The van der Waals surface area contributed by atoms with Crippen LogP contribution >= 0.6 is 0 Å². The van der Waals surface area contributed by atoms with Gasteiger partial charge in [-0.15, -0.1) is 0 Å². The molecule has 1 aliphatic rings. The number of hydrogen-bond acceptors (Lipinski definition) is 4. The summed E-state index contributed by atoms with van der Waals surface area (Å²) in [5.41, 5.74) is 0. The molecule has 0 aromatic heterocycles. The average molecular weight is 170 g/mol. The molecule has 1 fully saturated rings. The first-order chi connectivity index (χ1) is 5.83. The molecule has 1 heterocycles. The van der Waals surface area contributed by atoms with Crippen LogP contribution in [0, 0.1) is 11.3 Å². The molecule has 0 aromatic rings. The number of nitrogens with one attached hydrogen (secondary N) is 1. The third-order valence-corrected chi connectivity index (χ3v) is 1.41. The van der Waals surface area contributed by atoms with E-state index in [0.29, 0.717) is 13.2 Å². The Labute approximate surface area is 70.3 Å². The Hall–Kier alpha value is -1.12. The van der Waals surface area contributed by atoms with Gasteiger partial charge in [0.05, 0.1) is 25.7 Å². The zero-order chi connectivity index (χ0) is 8.81. The summed E-state index contributed by atoms with van der Waals surface area (Å²) >= 11 is 0. The van der Waals surface area contributed by atoms with Crippen LogP contribution in [0.25, 0.3) is 0 Å². The van der Waals surface area contributed by atoms with Gasteiger partial charge in [0.2, 0.25) is 5.91 Å². The van der Waals surface area contributed by atoms with Gasteiger partial charge >= 0.3 is 0 Å². The highest BCUT2D eigenvalue weighted by Gasteiger charge is 2.18. The van der Waals surface area contributed by atoms with Crippen molar-refractivity contribution in [2.24, 2.45) is 0 Å². The molecule has 0 aromatic carbocycles. The first-order valence-electron chi connectivity index (χ1n) is 3.70. The van der Waals surface area contributed by atoms with Gasteiger partial charge in [-0.3, -0.25) is 4.79 Å². The van der Waals surface area contributed by atoms with Crippen LogP contribution in [0.15, 0.2) is 0 Å². The summed E-state index contributed by atoms with van der Waals surface area (Å²) in [6.45, 7) is 1.11. The van der Waals surface area contributed by atoms with Crippen LogP contribution in [-0.2, 0) is 14.3 Å². The van der Waals surface area contributed by atoms with E-state index in [0.717, 1.165) is 0 Å². The maximum Gasteiger partial charge on any atom is 0.225 e.